The predicted molar refractivity (Wildman–Crippen MR) is 96.9 cm³/mol. The van der Waals surface area contributed by atoms with E-state index in [9.17, 15) is 35.5 Å². The van der Waals surface area contributed by atoms with Gasteiger partial charge in [-0.05, 0) is 42.5 Å². The van der Waals surface area contributed by atoms with Crippen molar-refractivity contribution in [1.82, 2.24) is 0 Å². The number of carbonyl (C=O) groups is 1. The smallest absolute Gasteiger partial charge is 0.419 e. The highest BCUT2D eigenvalue weighted by Gasteiger charge is 2.37. The third-order valence-electron chi connectivity index (χ3n) is 4.12. The van der Waals surface area contributed by atoms with Gasteiger partial charge in [0.05, 0.1) is 11.1 Å². The van der Waals surface area contributed by atoms with Gasteiger partial charge < -0.3 is 10.1 Å². The van der Waals surface area contributed by atoms with Crippen LogP contribution in [0.3, 0.4) is 0 Å². The van der Waals surface area contributed by atoms with Crippen LogP contribution in [-0.2, 0) is 6.18 Å². The van der Waals surface area contributed by atoms with Crippen LogP contribution in [0.25, 0.3) is 0 Å². The summed E-state index contributed by atoms with van der Waals surface area (Å²) in [6, 6.07) is 7.65. The van der Waals surface area contributed by atoms with Crippen molar-refractivity contribution in [2.75, 3.05) is 5.32 Å². The fourth-order valence-corrected chi connectivity index (χ4v) is 2.64. The zero-order valence-corrected chi connectivity index (χ0v) is 15.5. The van der Waals surface area contributed by atoms with Crippen LogP contribution in [0.5, 0.6) is 11.5 Å². The zero-order chi connectivity index (χ0) is 23.6. The van der Waals surface area contributed by atoms with Crippen LogP contribution in [0.1, 0.15) is 21.5 Å². The first-order valence-electron chi connectivity index (χ1n) is 8.55. The zero-order valence-electron chi connectivity index (χ0n) is 15.5. The number of alkyl halides is 3. The number of nitrogens with one attached hydrogen (secondary N) is 1. The normalized spacial score (nSPS) is 11.1. The van der Waals surface area contributed by atoms with Gasteiger partial charge in [-0.15, -0.1) is 0 Å². The quantitative estimate of drug-likeness (QED) is 0.479. The molecule has 0 aliphatic rings. The van der Waals surface area contributed by atoms with E-state index < -0.39 is 63.5 Å². The number of benzene rings is 3. The van der Waals surface area contributed by atoms with Crippen LogP contribution in [0.2, 0.25) is 0 Å². The lowest BCUT2D eigenvalue weighted by Crippen LogP contribution is -2.19. The molecule has 1 N–H and O–H groups in total. The second-order valence-electron chi connectivity index (χ2n) is 6.21. The van der Waals surface area contributed by atoms with Gasteiger partial charge >= 0.3 is 6.18 Å². The average Bonchev–Trinajstić information content (AvgIpc) is 2.72. The molecule has 0 aliphatic heterocycles. The van der Waals surface area contributed by atoms with Gasteiger partial charge in [-0.25, -0.2) is 13.2 Å². The van der Waals surface area contributed by atoms with Crippen molar-refractivity contribution in [2.45, 2.75) is 6.18 Å². The fourth-order valence-electron chi connectivity index (χ4n) is 2.64. The van der Waals surface area contributed by atoms with Gasteiger partial charge in [0.15, 0.2) is 17.4 Å². The van der Waals surface area contributed by atoms with Crippen molar-refractivity contribution in [3.05, 3.63) is 88.5 Å². The highest BCUT2D eigenvalue weighted by Crippen LogP contribution is 2.38. The first kappa shape index (κ1) is 22.6. The molecule has 3 rings (SSSR count). The largest absolute Gasteiger partial charge is 0.453 e. The first-order valence-corrected chi connectivity index (χ1v) is 8.55. The number of halogens is 7. The van der Waals surface area contributed by atoms with Crippen LogP contribution in [0.4, 0.5) is 36.4 Å². The number of hydrogen-bond acceptors (Lipinski definition) is 3. The molecule has 1 amide bonds. The van der Waals surface area contributed by atoms with Crippen molar-refractivity contribution in [2.24, 2.45) is 0 Å². The van der Waals surface area contributed by atoms with E-state index in [1.54, 1.807) is 0 Å². The maximum Gasteiger partial charge on any atom is 0.419 e. The van der Waals surface area contributed by atoms with Gasteiger partial charge in [-0.3, -0.25) is 4.79 Å². The average molecular weight is 454 g/mol. The summed E-state index contributed by atoms with van der Waals surface area (Å²) >= 11 is 0. The Morgan fingerprint density at radius 1 is 0.906 bits per heavy atom. The molecule has 0 spiro atoms. The minimum absolute atomic E-state index is 0.243. The summed E-state index contributed by atoms with van der Waals surface area (Å²) in [5, 5.41) is 10.9. The van der Waals surface area contributed by atoms with Crippen LogP contribution < -0.4 is 10.1 Å². The third-order valence-corrected chi connectivity index (χ3v) is 4.12. The molecule has 0 aromatic heterocycles. The standard InChI is InChI=1S/C21H9F7N2O2/c22-13-6-4-11(8-10(13)9-29)30-20(31)17-15(7-5-12(18(17)24)21(26,27)28)32-16-3-1-2-14(23)19(16)25/h1-8H,(H,30,31). The maximum atomic E-state index is 14.7. The number of nitriles is 1. The van der Waals surface area contributed by atoms with E-state index in [0.717, 1.165) is 36.4 Å². The molecule has 4 nitrogen and oxygen atoms in total. The van der Waals surface area contributed by atoms with E-state index in [0.29, 0.717) is 6.07 Å². The monoisotopic (exact) mass is 454 g/mol. The lowest BCUT2D eigenvalue weighted by Gasteiger charge is -2.16. The Morgan fingerprint density at radius 2 is 1.62 bits per heavy atom. The molecule has 0 fully saturated rings. The van der Waals surface area contributed by atoms with Crippen LogP contribution >= 0.6 is 0 Å². The molecule has 164 valence electrons. The molecule has 0 aliphatic carbocycles. The highest BCUT2D eigenvalue weighted by molar-refractivity contribution is 6.06. The van der Waals surface area contributed by atoms with Gasteiger partial charge in [0.2, 0.25) is 5.82 Å². The molecule has 0 saturated carbocycles. The SMILES string of the molecule is N#Cc1cc(NC(=O)c2c(Oc3cccc(F)c3F)ccc(C(F)(F)F)c2F)ccc1F. The molecule has 0 radical (unpaired) electrons. The highest BCUT2D eigenvalue weighted by atomic mass is 19.4. The van der Waals surface area contributed by atoms with Gasteiger partial charge in [0.1, 0.15) is 23.2 Å². The van der Waals surface area contributed by atoms with Crippen molar-refractivity contribution >= 4 is 11.6 Å². The molecular formula is C21H9F7N2O2. The summed E-state index contributed by atoms with van der Waals surface area (Å²) < 4.78 is 99.9. The van der Waals surface area contributed by atoms with Crippen molar-refractivity contribution in [3.63, 3.8) is 0 Å². The number of hydrogen-bond donors (Lipinski definition) is 1. The number of amides is 1. The Kier molecular flexibility index (Phi) is 6.06. The molecular weight excluding hydrogens is 445 g/mol. The summed E-state index contributed by atoms with van der Waals surface area (Å²) in [6.45, 7) is 0. The number of rotatable bonds is 4. The Bertz CT molecular complexity index is 1250. The van der Waals surface area contributed by atoms with Crippen molar-refractivity contribution in [3.8, 4) is 17.6 Å². The van der Waals surface area contributed by atoms with E-state index in [-0.39, 0.29) is 11.8 Å². The van der Waals surface area contributed by atoms with E-state index >= 15 is 0 Å². The van der Waals surface area contributed by atoms with E-state index in [1.165, 1.54) is 6.07 Å². The molecule has 32 heavy (non-hydrogen) atoms. The first-order chi connectivity index (χ1) is 15.0. The summed E-state index contributed by atoms with van der Waals surface area (Å²) in [4.78, 5) is 12.6. The lowest BCUT2D eigenvalue weighted by molar-refractivity contribution is -0.140. The van der Waals surface area contributed by atoms with Crippen molar-refractivity contribution in [1.29, 1.82) is 5.26 Å². The molecule has 11 heteroatoms. The number of ether oxygens (including phenoxy) is 1. The second kappa shape index (κ2) is 8.58. The maximum absolute atomic E-state index is 14.7. The van der Waals surface area contributed by atoms with Gasteiger partial charge in [-0.1, -0.05) is 6.07 Å². The van der Waals surface area contributed by atoms with E-state index in [2.05, 4.69) is 0 Å². The second-order valence-corrected chi connectivity index (χ2v) is 6.21. The van der Waals surface area contributed by atoms with E-state index in [1.807, 2.05) is 5.32 Å². The Hall–Kier alpha value is -4.07. The molecule has 3 aromatic rings. The Balaban J connectivity index is 2.09. The lowest BCUT2D eigenvalue weighted by atomic mass is 10.1. The topological polar surface area (TPSA) is 62.1 Å². The Morgan fingerprint density at radius 3 is 2.28 bits per heavy atom. The predicted octanol–water partition coefficient (Wildman–Crippen LogP) is 6.18. The van der Waals surface area contributed by atoms with Gasteiger partial charge in [-0.2, -0.15) is 22.8 Å². The third kappa shape index (κ3) is 4.49. The summed E-state index contributed by atoms with van der Waals surface area (Å²) in [6.07, 6.45) is -5.19. The Labute approximate surface area is 175 Å². The van der Waals surface area contributed by atoms with Crippen LogP contribution in [0, 0.1) is 34.6 Å². The molecule has 0 saturated heterocycles. The van der Waals surface area contributed by atoms with E-state index in [4.69, 9.17) is 10.00 Å². The van der Waals surface area contributed by atoms with Crippen LogP contribution in [0.15, 0.2) is 48.5 Å². The number of carbonyl (C=O) groups excluding carboxylic acids is 1. The molecule has 3 aromatic carbocycles. The fraction of sp³-hybridized carbons (Fsp3) is 0.0476. The summed E-state index contributed by atoms with van der Waals surface area (Å²) in [7, 11) is 0. The van der Waals surface area contributed by atoms with Crippen molar-refractivity contribution < 1.29 is 40.3 Å². The molecule has 0 heterocycles. The molecule has 0 unspecified atom stereocenters. The van der Waals surface area contributed by atoms with Gasteiger partial charge in [0.25, 0.3) is 5.91 Å². The summed E-state index contributed by atoms with van der Waals surface area (Å²) in [5.74, 6) is -8.97. The molecule has 0 bridgehead atoms. The van der Waals surface area contributed by atoms with Gasteiger partial charge in [0, 0.05) is 5.69 Å². The minimum atomic E-state index is -5.19. The molecule has 0 atom stereocenters. The number of nitrogens with zero attached hydrogens (tertiary/aromatic N) is 1. The number of anilines is 1. The minimum Gasteiger partial charge on any atom is -0.453 e. The van der Waals surface area contributed by atoms with Crippen LogP contribution in [-0.4, -0.2) is 5.91 Å². The summed E-state index contributed by atoms with van der Waals surface area (Å²) in [5.41, 5.74) is -3.82.